The topological polar surface area (TPSA) is 86.5 Å². The predicted octanol–water partition coefficient (Wildman–Crippen LogP) is 2.68. The predicted molar refractivity (Wildman–Crippen MR) is 102 cm³/mol. The number of carbonyl (C=O) groups is 1. The first-order chi connectivity index (χ1) is 11.6. The van der Waals surface area contributed by atoms with Crippen LogP contribution in [0.25, 0.3) is 0 Å². The minimum atomic E-state index is -0.216. The molecule has 0 atom stereocenters. The number of ether oxygens (including phenoxy) is 2. The Kier molecular flexibility index (Phi) is 9.44. The maximum absolute atomic E-state index is 12.2. The van der Waals surface area contributed by atoms with Gasteiger partial charge in [0.15, 0.2) is 0 Å². The van der Waals surface area contributed by atoms with Crippen LogP contribution < -0.4 is 15.8 Å². The third-order valence-corrected chi connectivity index (χ3v) is 4.18. The van der Waals surface area contributed by atoms with E-state index in [9.17, 15) is 4.79 Å². The van der Waals surface area contributed by atoms with Crippen molar-refractivity contribution >= 4 is 29.7 Å². The number of thiazole rings is 1. The van der Waals surface area contributed by atoms with Crippen LogP contribution in [0, 0.1) is 6.92 Å². The molecule has 138 valence electrons. The van der Waals surface area contributed by atoms with Crippen LogP contribution >= 0.6 is 23.7 Å². The van der Waals surface area contributed by atoms with Crippen LogP contribution in [-0.2, 0) is 17.8 Å². The highest BCUT2D eigenvalue weighted by Crippen LogP contribution is 2.20. The Balaban J connectivity index is 0.00000312. The van der Waals surface area contributed by atoms with E-state index in [0.29, 0.717) is 38.6 Å². The van der Waals surface area contributed by atoms with Crippen LogP contribution in [0.5, 0.6) is 5.75 Å². The molecule has 2 rings (SSSR count). The van der Waals surface area contributed by atoms with Gasteiger partial charge in [0, 0.05) is 30.6 Å². The van der Waals surface area contributed by atoms with Crippen LogP contribution in [0.15, 0.2) is 23.6 Å². The molecular weight excluding hydrogens is 362 g/mol. The van der Waals surface area contributed by atoms with Gasteiger partial charge in [-0.15, -0.1) is 23.7 Å². The lowest BCUT2D eigenvalue weighted by molar-refractivity contribution is 0.0944. The second-order valence-corrected chi connectivity index (χ2v) is 6.11. The van der Waals surface area contributed by atoms with Gasteiger partial charge in [0.05, 0.1) is 6.61 Å². The molecule has 1 heterocycles. The summed E-state index contributed by atoms with van der Waals surface area (Å²) in [5.41, 5.74) is 7.93. The van der Waals surface area contributed by atoms with Crippen molar-refractivity contribution in [2.45, 2.75) is 26.9 Å². The second kappa shape index (κ2) is 11.0. The number of halogens is 1. The molecule has 0 aliphatic heterocycles. The summed E-state index contributed by atoms with van der Waals surface area (Å²) in [4.78, 5) is 16.3. The van der Waals surface area contributed by atoms with Crippen molar-refractivity contribution in [3.63, 3.8) is 0 Å². The Hall–Kier alpha value is -1.67. The van der Waals surface area contributed by atoms with E-state index < -0.39 is 0 Å². The normalized spacial score (nSPS) is 10.2. The van der Waals surface area contributed by atoms with Crippen molar-refractivity contribution in [3.05, 3.63) is 45.4 Å². The molecule has 0 saturated carbocycles. The highest BCUT2D eigenvalue weighted by atomic mass is 35.5. The molecule has 0 unspecified atom stereocenters. The molecule has 3 N–H and O–H groups in total. The van der Waals surface area contributed by atoms with Crippen LogP contribution in [0.2, 0.25) is 0 Å². The molecule has 2 aromatic rings. The average molecular weight is 386 g/mol. The Labute approximate surface area is 158 Å². The third-order valence-electron chi connectivity index (χ3n) is 3.31. The van der Waals surface area contributed by atoms with Gasteiger partial charge in [0.1, 0.15) is 23.1 Å². The number of rotatable bonds is 9. The first-order valence-electron chi connectivity index (χ1n) is 7.86. The number of hydrogen-bond donors (Lipinski definition) is 2. The van der Waals surface area contributed by atoms with E-state index in [4.69, 9.17) is 15.2 Å². The first kappa shape index (κ1) is 21.4. The molecule has 1 aromatic carbocycles. The SMILES string of the molecule is CCOCCOc1cc(C)ccc1CNC(=O)c1csc(CN)n1.Cl. The third kappa shape index (κ3) is 6.62. The van der Waals surface area contributed by atoms with E-state index in [1.165, 1.54) is 11.3 Å². The molecular formula is C17H24ClN3O3S. The molecule has 1 aromatic heterocycles. The van der Waals surface area contributed by atoms with Crippen molar-refractivity contribution in [2.24, 2.45) is 5.73 Å². The van der Waals surface area contributed by atoms with Gasteiger partial charge in [0.25, 0.3) is 5.91 Å². The summed E-state index contributed by atoms with van der Waals surface area (Å²) in [6.45, 7) is 6.34. The molecule has 0 fully saturated rings. The highest BCUT2D eigenvalue weighted by molar-refractivity contribution is 7.09. The smallest absolute Gasteiger partial charge is 0.271 e. The van der Waals surface area contributed by atoms with Gasteiger partial charge in [-0.2, -0.15) is 0 Å². The minimum Gasteiger partial charge on any atom is -0.491 e. The first-order valence-corrected chi connectivity index (χ1v) is 8.74. The number of benzene rings is 1. The van der Waals surface area contributed by atoms with Gasteiger partial charge in [-0.3, -0.25) is 4.79 Å². The summed E-state index contributed by atoms with van der Waals surface area (Å²) in [5.74, 6) is 0.544. The number of nitrogens with one attached hydrogen (secondary N) is 1. The van der Waals surface area contributed by atoms with Gasteiger partial charge >= 0.3 is 0 Å². The van der Waals surface area contributed by atoms with Gasteiger partial charge in [-0.05, 0) is 25.5 Å². The van der Waals surface area contributed by atoms with Crippen molar-refractivity contribution in [1.29, 1.82) is 0 Å². The van der Waals surface area contributed by atoms with Crippen LogP contribution in [0.4, 0.5) is 0 Å². The van der Waals surface area contributed by atoms with Crippen LogP contribution in [0.1, 0.15) is 33.5 Å². The molecule has 0 bridgehead atoms. The summed E-state index contributed by atoms with van der Waals surface area (Å²) < 4.78 is 11.1. The average Bonchev–Trinajstić information content (AvgIpc) is 3.07. The fourth-order valence-corrected chi connectivity index (χ4v) is 2.73. The van der Waals surface area contributed by atoms with E-state index in [1.807, 2.05) is 32.0 Å². The number of amides is 1. The number of nitrogens with two attached hydrogens (primary N) is 1. The lowest BCUT2D eigenvalue weighted by Gasteiger charge is -2.13. The number of aromatic nitrogens is 1. The number of hydrogen-bond acceptors (Lipinski definition) is 6. The van der Waals surface area contributed by atoms with Crippen molar-refractivity contribution in [2.75, 3.05) is 19.8 Å². The molecule has 0 saturated heterocycles. The number of nitrogens with zero attached hydrogens (tertiary/aromatic N) is 1. The van der Waals surface area contributed by atoms with E-state index >= 15 is 0 Å². The molecule has 25 heavy (non-hydrogen) atoms. The molecule has 0 aliphatic rings. The summed E-state index contributed by atoms with van der Waals surface area (Å²) in [7, 11) is 0. The lowest BCUT2D eigenvalue weighted by Crippen LogP contribution is -2.23. The van der Waals surface area contributed by atoms with E-state index in [1.54, 1.807) is 5.38 Å². The van der Waals surface area contributed by atoms with E-state index in [2.05, 4.69) is 10.3 Å². The maximum Gasteiger partial charge on any atom is 0.271 e. The highest BCUT2D eigenvalue weighted by Gasteiger charge is 2.11. The minimum absolute atomic E-state index is 0. The second-order valence-electron chi connectivity index (χ2n) is 5.17. The van der Waals surface area contributed by atoms with E-state index in [0.717, 1.165) is 21.9 Å². The van der Waals surface area contributed by atoms with Crippen molar-refractivity contribution in [1.82, 2.24) is 10.3 Å². The summed E-state index contributed by atoms with van der Waals surface area (Å²) in [6.07, 6.45) is 0. The van der Waals surface area contributed by atoms with E-state index in [-0.39, 0.29) is 18.3 Å². The molecule has 8 heteroatoms. The lowest BCUT2D eigenvalue weighted by atomic mass is 10.1. The quantitative estimate of drug-likeness (QED) is 0.648. The Bertz CT molecular complexity index is 679. The monoisotopic (exact) mass is 385 g/mol. The van der Waals surface area contributed by atoms with Gasteiger partial charge in [0.2, 0.25) is 0 Å². The van der Waals surface area contributed by atoms with Gasteiger partial charge in [-0.25, -0.2) is 4.98 Å². The Morgan fingerprint density at radius 3 is 2.84 bits per heavy atom. The van der Waals surface area contributed by atoms with Crippen molar-refractivity contribution < 1.29 is 14.3 Å². The zero-order chi connectivity index (χ0) is 17.4. The number of aryl methyl sites for hydroxylation is 1. The fourth-order valence-electron chi connectivity index (χ4n) is 2.07. The van der Waals surface area contributed by atoms with Crippen LogP contribution in [-0.4, -0.2) is 30.7 Å². The summed E-state index contributed by atoms with van der Waals surface area (Å²) >= 11 is 1.38. The largest absolute Gasteiger partial charge is 0.491 e. The molecule has 0 spiro atoms. The molecule has 0 radical (unpaired) electrons. The van der Waals surface area contributed by atoms with Crippen molar-refractivity contribution in [3.8, 4) is 5.75 Å². The van der Waals surface area contributed by atoms with Gasteiger partial charge < -0.3 is 20.5 Å². The van der Waals surface area contributed by atoms with Gasteiger partial charge in [-0.1, -0.05) is 12.1 Å². The Morgan fingerprint density at radius 1 is 1.36 bits per heavy atom. The molecule has 1 amide bonds. The Morgan fingerprint density at radius 2 is 2.16 bits per heavy atom. The summed E-state index contributed by atoms with van der Waals surface area (Å²) in [5, 5.41) is 5.33. The van der Waals surface area contributed by atoms with Crippen LogP contribution in [0.3, 0.4) is 0 Å². The fraction of sp³-hybridized carbons (Fsp3) is 0.412. The standard InChI is InChI=1S/C17H23N3O3S.ClH/c1-3-22-6-7-23-15-8-12(2)4-5-13(15)10-19-17(21)14-11-24-16(9-18)20-14;/h4-5,8,11H,3,6-7,9-10,18H2,1-2H3,(H,19,21);1H. The molecule has 6 nitrogen and oxygen atoms in total. The molecule has 0 aliphatic carbocycles. The summed E-state index contributed by atoms with van der Waals surface area (Å²) in [6, 6.07) is 5.91. The maximum atomic E-state index is 12.2. The zero-order valence-electron chi connectivity index (χ0n) is 14.4. The zero-order valence-corrected chi connectivity index (χ0v) is 16.0. The number of carbonyl (C=O) groups excluding carboxylic acids is 1.